The predicted octanol–water partition coefficient (Wildman–Crippen LogP) is 4.88. The number of carbonyl (C=O) groups excluding carboxylic acids is 2. The molecule has 0 radical (unpaired) electrons. The Morgan fingerprint density at radius 2 is 1.66 bits per heavy atom. The Hall–Kier alpha value is -3.12. The number of anilines is 1. The molecule has 5 nitrogen and oxygen atoms in total. The molecule has 0 aromatic heterocycles. The quantitative estimate of drug-likeness (QED) is 0.536. The summed E-state index contributed by atoms with van der Waals surface area (Å²) < 4.78 is 6.41. The van der Waals surface area contributed by atoms with Crippen molar-refractivity contribution in [2.24, 2.45) is 0 Å². The van der Waals surface area contributed by atoms with Crippen molar-refractivity contribution in [3.8, 4) is 16.9 Å². The van der Waals surface area contributed by atoms with Gasteiger partial charge in [-0.15, -0.1) is 0 Å². The maximum Gasteiger partial charge on any atom is 0.262 e. The van der Waals surface area contributed by atoms with Crippen molar-refractivity contribution in [2.45, 2.75) is 6.92 Å². The molecule has 2 N–H and O–H groups in total. The number of para-hydroxylation sites is 1. The van der Waals surface area contributed by atoms with Crippen LogP contribution in [0.4, 0.5) is 5.69 Å². The lowest BCUT2D eigenvalue weighted by Crippen LogP contribution is -2.26. The first-order valence-electron chi connectivity index (χ1n) is 9.23. The lowest BCUT2D eigenvalue weighted by Gasteiger charge is -2.12. The third kappa shape index (κ3) is 5.45. The van der Waals surface area contributed by atoms with E-state index < -0.39 is 0 Å². The molecular weight excluding hydrogens is 432 g/mol. The van der Waals surface area contributed by atoms with Crippen LogP contribution in [-0.2, 0) is 4.79 Å². The number of amides is 2. The van der Waals surface area contributed by atoms with Gasteiger partial charge in [-0.05, 0) is 58.2 Å². The second-order valence-corrected chi connectivity index (χ2v) is 7.11. The van der Waals surface area contributed by atoms with Crippen LogP contribution in [0.1, 0.15) is 17.3 Å². The van der Waals surface area contributed by atoms with Gasteiger partial charge in [0.2, 0.25) is 0 Å². The van der Waals surface area contributed by atoms with Crippen LogP contribution >= 0.6 is 15.9 Å². The minimum absolute atomic E-state index is 0.174. The summed E-state index contributed by atoms with van der Waals surface area (Å²) in [5.74, 6) is -0.0128. The van der Waals surface area contributed by atoms with Crippen molar-refractivity contribution in [1.29, 1.82) is 0 Å². The fourth-order valence-corrected chi connectivity index (χ4v) is 3.30. The zero-order chi connectivity index (χ0) is 20.6. The molecule has 0 aliphatic rings. The van der Waals surface area contributed by atoms with Crippen LogP contribution in [0.25, 0.3) is 11.1 Å². The van der Waals surface area contributed by atoms with E-state index in [1.54, 1.807) is 24.3 Å². The third-order valence-corrected chi connectivity index (χ3v) is 4.80. The first kappa shape index (κ1) is 20.6. The summed E-state index contributed by atoms with van der Waals surface area (Å²) >= 11 is 3.50. The standard InChI is InChI=1S/C23H21BrN2O3/c1-2-25-23(28)18-10-6-7-11-20(18)26-22(27)15-29-21-13-12-17(14-19(21)24)16-8-4-3-5-9-16/h3-14H,2,15H2,1H3,(H,25,28)(H,26,27). The lowest BCUT2D eigenvalue weighted by molar-refractivity contribution is -0.118. The number of benzene rings is 3. The summed E-state index contributed by atoms with van der Waals surface area (Å²) in [7, 11) is 0. The normalized spacial score (nSPS) is 10.3. The van der Waals surface area contributed by atoms with Crippen molar-refractivity contribution >= 4 is 33.4 Å². The maximum atomic E-state index is 12.3. The van der Waals surface area contributed by atoms with Gasteiger partial charge >= 0.3 is 0 Å². The summed E-state index contributed by atoms with van der Waals surface area (Å²) in [5.41, 5.74) is 3.01. The van der Waals surface area contributed by atoms with E-state index in [9.17, 15) is 9.59 Å². The number of halogens is 1. The number of hydrogen-bond donors (Lipinski definition) is 2. The predicted molar refractivity (Wildman–Crippen MR) is 118 cm³/mol. The molecule has 0 saturated heterocycles. The fourth-order valence-electron chi connectivity index (χ4n) is 2.80. The van der Waals surface area contributed by atoms with Crippen LogP contribution in [0.15, 0.2) is 77.3 Å². The first-order chi connectivity index (χ1) is 14.1. The number of carbonyl (C=O) groups is 2. The number of ether oxygens (including phenoxy) is 1. The van der Waals surface area contributed by atoms with Crippen LogP contribution in [0.2, 0.25) is 0 Å². The lowest BCUT2D eigenvalue weighted by atomic mass is 10.1. The Balaban J connectivity index is 1.64. The van der Waals surface area contributed by atoms with E-state index in [4.69, 9.17) is 4.74 Å². The zero-order valence-electron chi connectivity index (χ0n) is 15.9. The van der Waals surface area contributed by atoms with E-state index in [2.05, 4.69) is 26.6 Å². The molecule has 6 heteroatoms. The Labute approximate surface area is 178 Å². The Morgan fingerprint density at radius 3 is 2.38 bits per heavy atom. The summed E-state index contributed by atoms with van der Waals surface area (Å²) in [5, 5.41) is 5.47. The second-order valence-electron chi connectivity index (χ2n) is 6.25. The van der Waals surface area contributed by atoms with Crippen molar-refractivity contribution in [1.82, 2.24) is 5.32 Å². The van der Waals surface area contributed by atoms with Crippen LogP contribution in [0, 0.1) is 0 Å². The monoisotopic (exact) mass is 452 g/mol. The Kier molecular flexibility index (Phi) is 7.03. The van der Waals surface area contributed by atoms with Gasteiger partial charge in [-0.25, -0.2) is 0 Å². The van der Waals surface area contributed by atoms with Crippen molar-refractivity contribution in [3.63, 3.8) is 0 Å². The highest BCUT2D eigenvalue weighted by Gasteiger charge is 2.13. The molecular formula is C23H21BrN2O3. The van der Waals surface area contributed by atoms with Crippen LogP contribution in [0.3, 0.4) is 0 Å². The highest BCUT2D eigenvalue weighted by atomic mass is 79.9. The fraction of sp³-hybridized carbons (Fsp3) is 0.130. The number of nitrogens with one attached hydrogen (secondary N) is 2. The molecule has 2 amide bonds. The molecule has 148 valence electrons. The van der Waals surface area contributed by atoms with Crippen molar-refractivity contribution in [2.75, 3.05) is 18.5 Å². The minimum atomic E-state index is -0.346. The van der Waals surface area contributed by atoms with E-state index in [1.807, 2.05) is 55.5 Å². The van der Waals surface area contributed by atoms with E-state index >= 15 is 0 Å². The first-order valence-corrected chi connectivity index (χ1v) is 10.0. The molecule has 3 aromatic rings. The SMILES string of the molecule is CCNC(=O)c1ccccc1NC(=O)COc1ccc(-c2ccccc2)cc1Br. The van der Waals surface area contributed by atoms with E-state index in [-0.39, 0.29) is 18.4 Å². The van der Waals surface area contributed by atoms with E-state index in [0.717, 1.165) is 15.6 Å². The topological polar surface area (TPSA) is 67.4 Å². The molecule has 0 fully saturated rings. The van der Waals surface area contributed by atoms with Gasteiger partial charge in [0.25, 0.3) is 11.8 Å². The van der Waals surface area contributed by atoms with Gasteiger partial charge in [0, 0.05) is 6.54 Å². The number of hydrogen-bond acceptors (Lipinski definition) is 3. The van der Waals surface area contributed by atoms with E-state index in [1.165, 1.54) is 0 Å². The molecule has 0 aliphatic carbocycles. The molecule has 0 saturated carbocycles. The van der Waals surface area contributed by atoms with Crippen LogP contribution in [-0.4, -0.2) is 25.0 Å². The molecule has 3 rings (SSSR count). The smallest absolute Gasteiger partial charge is 0.262 e. The summed E-state index contributed by atoms with van der Waals surface area (Å²) in [6.45, 7) is 2.18. The average molecular weight is 453 g/mol. The van der Waals surface area contributed by atoms with Crippen LogP contribution < -0.4 is 15.4 Å². The van der Waals surface area contributed by atoms with E-state index in [0.29, 0.717) is 23.5 Å². The molecule has 0 aliphatic heterocycles. The molecule has 3 aromatic carbocycles. The molecule has 0 bridgehead atoms. The second kappa shape index (κ2) is 9.89. The largest absolute Gasteiger partial charge is 0.483 e. The minimum Gasteiger partial charge on any atom is -0.483 e. The average Bonchev–Trinajstić information content (AvgIpc) is 2.74. The molecule has 29 heavy (non-hydrogen) atoms. The summed E-state index contributed by atoms with van der Waals surface area (Å²) in [6.07, 6.45) is 0. The summed E-state index contributed by atoms with van der Waals surface area (Å²) in [4.78, 5) is 24.5. The Bertz CT molecular complexity index is 1010. The summed E-state index contributed by atoms with van der Waals surface area (Å²) in [6, 6.07) is 22.6. The van der Waals surface area contributed by atoms with Gasteiger partial charge in [0.05, 0.1) is 15.7 Å². The highest BCUT2D eigenvalue weighted by Crippen LogP contribution is 2.30. The molecule has 0 heterocycles. The van der Waals surface area contributed by atoms with Crippen molar-refractivity contribution < 1.29 is 14.3 Å². The third-order valence-electron chi connectivity index (χ3n) is 4.18. The van der Waals surface area contributed by atoms with Gasteiger partial charge in [0.1, 0.15) is 5.75 Å². The van der Waals surface area contributed by atoms with Gasteiger partial charge in [-0.1, -0.05) is 48.5 Å². The van der Waals surface area contributed by atoms with Gasteiger partial charge in [-0.3, -0.25) is 9.59 Å². The Morgan fingerprint density at radius 1 is 0.931 bits per heavy atom. The molecule has 0 spiro atoms. The van der Waals surface area contributed by atoms with Crippen molar-refractivity contribution in [3.05, 3.63) is 82.8 Å². The van der Waals surface area contributed by atoms with Gasteiger partial charge < -0.3 is 15.4 Å². The van der Waals surface area contributed by atoms with Gasteiger partial charge in [-0.2, -0.15) is 0 Å². The molecule has 0 atom stereocenters. The zero-order valence-corrected chi connectivity index (χ0v) is 17.5. The van der Waals surface area contributed by atoms with Crippen LogP contribution in [0.5, 0.6) is 5.75 Å². The maximum absolute atomic E-state index is 12.3. The number of rotatable bonds is 7. The highest BCUT2D eigenvalue weighted by molar-refractivity contribution is 9.10. The van der Waals surface area contributed by atoms with Gasteiger partial charge in [0.15, 0.2) is 6.61 Å². The molecule has 0 unspecified atom stereocenters.